The van der Waals surface area contributed by atoms with Gasteiger partial charge in [0.15, 0.2) is 0 Å². The Kier molecular flexibility index (Phi) is 8.97. The van der Waals surface area contributed by atoms with Crippen LogP contribution in [0.25, 0.3) is 54.6 Å². The number of anilines is 6. The highest BCUT2D eigenvalue weighted by Crippen LogP contribution is 2.67. The first-order valence-electron chi connectivity index (χ1n) is 22.7. The van der Waals surface area contributed by atoms with Gasteiger partial charge in [-0.3, -0.25) is 0 Å². The van der Waals surface area contributed by atoms with Crippen molar-refractivity contribution in [1.29, 1.82) is 0 Å². The smallest absolute Gasteiger partial charge is 0.0820 e. The first-order valence-corrected chi connectivity index (χ1v) is 23.5. The van der Waals surface area contributed by atoms with Gasteiger partial charge in [-0.05, 0) is 134 Å². The average Bonchev–Trinajstić information content (AvgIpc) is 4.01. The number of hydrogen-bond donors (Lipinski definition) is 0. The van der Waals surface area contributed by atoms with Crippen molar-refractivity contribution >= 4 is 55.5 Å². The van der Waals surface area contributed by atoms with Gasteiger partial charge in [-0.15, -0.1) is 11.3 Å². The van der Waals surface area contributed by atoms with Crippen LogP contribution >= 0.6 is 11.3 Å². The second kappa shape index (κ2) is 15.5. The molecule has 1 unspecified atom stereocenters. The monoisotopic (exact) mass is 858 g/mol. The van der Waals surface area contributed by atoms with Gasteiger partial charge in [-0.1, -0.05) is 176 Å². The van der Waals surface area contributed by atoms with Gasteiger partial charge in [-0.2, -0.15) is 0 Å². The normalized spacial score (nSPS) is 14.1. The van der Waals surface area contributed by atoms with E-state index in [-0.39, 0.29) is 0 Å². The van der Waals surface area contributed by atoms with Crippen LogP contribution in [-0.2, 0) is 5.41 Å². The lowest BCUT2D eigenvalue weighted by molar-refractivity contribution is 0.811. The summed E-state index contributed by atoms with van der Waals surface area (Å²) >= 11 is 1.95. The fourth-order valence-electron chi connectivity index (χ4n) is 10.8. The molecule has 2 nitrogen and oxygen atoms in total. The molecule has 1 heterocycles. The maximum atomic E-state index is 2.51. The van der Waals surface area contributed by atoms with E-state index in [0.717, 1.165) is 34.1 Å². The van der Waals surface area contributed by atoms with E-state index in [0.29, 0.717) is 0 Å². The SMILES string of the molecule is c1ccc(-c2ccc(N(c3ccc(-c4ccccc4)cc3)c3ccc4c(c3)C3(c5ccccc5-c5ccc(N(c6ccccc6)c6ccccc6)cc53)c3sc5ccccc5c3-4)cc2)cc1. The summed E-state index contributed by atoms with van der Waals surface area (Å²) in [5.74, 6) is 0. The average molecular weight is 859 g/mol. The molecular formula is C63H42N2S. The van der Waals surface area contributed by atoms with Crippen molar-refractivity contribution in [2.45, 2.75) is 5.41 Å². The van der Waals surface area contributed by atoms with Crippen LogP contribution in [0.1, 0.15) is 21.6 Å². The fraction of sp³-hybridized carbons (Fsp3) is 0.0159. The molecule has 310 valence electrons. The van der Waals surface area contributed by atoms with Gasteiger partial charge in [0.25, 0.3) is 0 Å². The molecule has 1 spiro atoms. The van der Waals surface area contributed by atoms with E-state index < -0.39 is 5.41 Å². The van der Waals surface area contributed by atoms with Crippen LogP contribution in [0.4, 0.5) is 34.1 Å². The molecule has 0 radical (unpaired) electrons. The first kappa shape index (κ1) is 38.2. The predicted octanol–water partition coefficient (Wildman–Crippen LogP) is 17.5. The zero-order valence-corrected chi connectivity index (χ0v) is 36.9. The van der Waals surface area contributed by atoms with Gasteiger partial charge in [0.1, 0.15) is 0 Å². The largest absolute Gasteiger partial charge is 0.310 e. The molecule has 1 aromatic heterocycles. The molecule has 0 fully saturated rings. The summed E-state index contributed by atoms with van der Waals surface area (Å²) in [6, 6.07) is 93.5. The van der Waals surface area contributed by atoms with Crippen LogP contribution < -0.4 is 9.80 Å². The van der Waals surface area contributed by atoms with Crippen LogP contribution in [0.5, 0.6) is 0 Å². The van der Waals surface area contributed by atoms with Crippen molar-refractivity contribution in [3.8, 4) is 44.5 Å². The quantitative estimate of drug-likeness (QED) is 0.150. The summed E-state index contributed by atoms with van der Waals surface area (Å²) < 4.78 is 1.31. The second-order valence-corrected chi connectivity index (χ2v) is 18.3. The number of benzene rings is 10. The Balaban J connectivity index is 1.06. The Morgan fingerprint density at radius 2 is 0.682 bits per heavy atom. The van der Waals surface area contributed by atoms with Gasteiger partial charge in [0, 0.05) is 54.7 Å². The van der Waals surface area contributed by atoms with Gasteiger partial charge in [0.05, 0.1) is 5.41 Å². The summed E-state index contributed by atoms with van der Waals surface area (Å²) in [7, 11) is 0. The highest BCUT2D eigenvalue weighted by Gasteiger charge is 2.54. The lowest BCUT2D eigenvalue weighted by Gasteiger charge is -2.32. The van der Waals surface area contributed by atoms with E-state index in [1.165, 1.54) is 76.2 Å². The zero-order valence-electron chi connectivity index (χ0n) is 36.1. The molecule has 0 aliphatic heterocycles. The lowest BCUT2D eigenvalue weighted by Crippen LogP contribution is -2.25. The Labute approximate surface area is 389 Å². The molecule has 66 heavy (non-hydrogen) atoms. The Morgan fingerprint density at radius 3 is 1.24 bits per heavy atom. The highest BCUT2D eigenvalue weighted by atomic mass is 32.1. The Hall–Kier alpha value is -8.24. The predicted molar refractivity (Wildman–Crippen MR) is 278 cm³/mol. The molecule has 13 rings (SSSR count). The standard InChI is InChI=1S/C63H42N2S/c1-5-17-43(18-6-1)45-29-33-49(34-30-45)65(50-35-31-46(32-36-50)44-19-7-2-8-20-44)52-38-40-55-59(42-52)63(62-61(55)56-26-14-16-28-60(56)66-62)57-27-15-13-25-53(57)54-39-37-51(41-58(54)63)64(47-21-9-3-10-22-47)48-23-11-4-12-24-48/h1-42H. The van der Waals surface area contributed by atoms with Crippen LogP contribution in [0.3, 0.4) is 0 Å². The van der Waals surface area contributed by atoms with Crippen molar-refractivity contribution in [1.82, 2.24) is 0 Å². The third kappa shape index (κ3) is 5.94. The molecular weight excluding hydrogens is 817 g/mol. The summed E-state index contributed by atoms with van der Waals surface area (Å²) in [5.41, 5.74) is 20.1. The fourth-order valence-corrected chi connectivity index (χ4v) is 12.2. The molecule has 0 bridgehead atoms. The molecule has 0 saturated heterocycles. The molecule has 0 saturated carbocycles. The summed E-state index contributed by atoms with van der Waals surface area (Å²) in [4.78, 5) is 6.22. The molecule has 10 aromatic carbocycles. The molecule has 1 atom stereocenters. The molecule has 11 aromatic rings. The van der Waals surface area contributed by atoms with E-state index in [1.54, 1.807) is 0 Å². The molecule has 3 heteroatoms. The third-order valence-corrected chi connectivity index (χ3v) is 14.9. The third-order valence-electron chi connectivity index (χ3n) is 13.7. The van der Waals surface area contributed by atoms with E-state index in [1.807, 2.05) is 11.3 Å². The van der Waals surface area contributed by atoms with Crippen molar-refractivity contribution in [2.75, 3.05) is 9.80 Å². The minimum atomic E-state index is -0.564. The molecule has 2 aliphatic rings. The van der Waals surface area contributed by atoms with E-state index in [4.69, 9.17) is 0 Å². The highest BCUT2D eigenvalue weighted by molar-refractivity contribution is 7.20. The molecule has 0 amide bonds. The van der Waals surface area contributed by atoms with Crippen LogP contribution in [0.15, 0.2) is 255 Å². The van der Waals surface area contributed by atoms with Crippen LogP contribution in [0, 0.1) is 0 Å². The van der Waals surface area contributed by atoms with Crippen molar-refractivity contribution in [3.05, 3.63) is 276 Å². The second-order valence-electron chi connectivity index (χ2n) is 17.2. The maximum Gasteiger partial charge on any atom is 0.0820 e. The van der Waals surface area contributed by atoms with Crippen molar-refractivity contribution < 1.29 is 0 Å². The minimum absolute atomic E-state index is 0.564. The Bertz CT molecular complexity index is 3440. The molecule has 0 N–H and O–H groups in total. The topological polar surface area (TPSA) is 6.48 Å². The van der Waals surface area contributed by atoms with Crippen LogP contribution in [0.2, 0.25) is 0 Å². The number of para-hydroxylation sites is 2. The van der Waals surface area contributed by atoms with Crippen LogP contribution in [-0.4, -0.2) is 0 Å². The number of hydrogen-bond acceptors (Lipinski definition) is 3. The number of fused-ring (bicyclic) bond motifs is 12. The van der Waals surface area contributed by atoms with Gasteiger partial charge < -0.3 is 9.80 Å². The first-order chi connectivity index (χ1) is 32.7. The lowest BCUT2D eigenvalue weighted by atomic mass is 9.73. The number of nitrogens with zero attached hydrogens (tertiary/aromatic N) is 2. The van der Waals surface area contributed by atoms with E-state index in [9.17, 15) is 0 Å². The zero-order chi connectivity index (χ0) is 43.6. The molecule has 2 aliphatic carbocycles. The van der Waals surface area contributed by atoms with E-state index >= 15 is 0 Å². The summed E-state index contributed by atoms with van der Waals surface area (Å²) in [6.45, 7) is 0. The van der Waals surface area contributed by atoms with Gasteiger partial charge in [0.2, 0.25) is 0 Å². The van der Waals surface area contributed by atoms with E-state index in [2.05, 4.69) is 265 Å². The van der Waals surface area contributed by atoms with Crippen molar-refractivity contribution in [2.24, 2.45) is 0 Å². The van der Waals surface area contributed by atoms with Gasteiger partial charge >= 0.3 is 0 Å². The van der Waals surface area contributed by atoms with Crippen molar-refractivity contribution in [3.63, 3.8) is 0 Å². The number of thiophene rings is 1. The number of rotatable bonds is 8. The summed E-state index contributed by atoms with van der Waals surface area (Å²) in [5, 5.41) is 1.31. The maximum absolute atomic E-state index is 2.51. The van der Waals surface area contributed by atoms with Gasteiger partial charge in [-0.25, -0.2) is 0 Å². The summed E-state index contributed by atoms with van der Waals surface area (Å²) in [6.07, 6.45) is 0. The minimum Gasteiger partial charge on any atom is -0.310 e. The Morgan fingerprint density at radius 1 is 0.288 bits per heavy atom.